The lowest BCUT2D eigenvalue weighted by Gasteiger charge is -2.18. The Morgan fingerprint density at radius 3 is 2.55 bits per heavy atom. The predicted octanol–water partition coefficient (Wildman–Crippen LogP) is 2.43. The Morgan fingerprint density at radius 1 is 1.20 bits per heavy atom. The van der Waals surface area contributed by atoms with Gasteiger partial charge in [0, 0.05) is 24.6 Å². The number of aromatic nitrogens is 2. The molecule has 112 valence electrons. The van der Waals surface area contributed by atoms with E-state index in [1.54, 1.807) is 6.33 Å². The van der Waals surface area contributed by atoms with Crippen LogP contribution in [0, 0.1) is 5.92 Å². The Morgan fingerprint density at radius 2 is 1.95 bits per heavy atom. The van der Waals surface area contributed by atoms with E-state index in [2.05, 4.69) is 34.4 Å². The van der Waals surface area contributed by atoms with Crippen molar-refractivity contribution in [3.8, 4) is 0 Å². The van der Waals surface area contributed by atoms with Crippen LogP contribution in [0.25, 0.3) is 0 Å². The SMILES string of the molecule is CCCc1c(NCC)ncnc1NCC1CCCC1O. The van der Waals surface area contributed by atoms with Gasteiger partial charge >= 0.3 is 0 Å². The quantitative estimate of drug-likeness (QED) is 0.714. The number of aliphatic hydroxyl groups is 1. The summed E-state index contributed by atoms with van der Waals surface area (Å²) in [5.41, 5.74) is 1.16. The average molecular weight is 278 g/mol. The number of anilines is 2. The number of rotatable bonds is 7. The molecular formula is C15H26N4O. The first kappa shape index (κ1) is 15.0. The molecule has 1 aliphatic carbocycles. The topological polar surface area (TPSA) is 70.1 Å². The van der Waals surface area contributed by atoms with Gasteiger partial charge in [-0.15, -0.1) is 0 Å². The van der Waals surface area contributed by atoms with Crippen LogP contribution in [0.1, 0.15) is 45.1 Å². The van der Waals surface area contributed by atoms with Crippen molar-refractivity contribution in [3.05, 3.63) is 11.9 Å². The van der Waals surface area contributed by atoms with Crippen LogP contribution in [-0.4, -0.2) is 34.3 Å². The molecule has 0 spiro atoms. The molecule has 5 nitrogen and oxygen atoms in total. The highest BCUT2D eigenvalue weighted by atomic mass is 16.3. The fourth-order valence-corrected chi connectivity index (χ4v) is 2.85. The third kappa shape index (κ3) is 3.60. The molecule has 1 fully saturated rings. The minimum Gasteiger partial charge on any atom is -0.393 e. The van der Waals surface area contributed by atoms with E-state index in [4.69, 9.17) is 0 Å². The fraction of sp³-hybridized carbons (Fsp3) is 0.733. The van der Waals surface area contributed by atoms with Crippen LogP contribution in [-0.2, 0) is 6.42 Å². The Balaban J connectivity index is 2.07. The lowest BCUT2D eigenvalue weighted by molar-refractivity contribution is 0.138. The number of aliphatic hydroxyl groups excluding tert-OH is 1. The molecule has 2 unspecified atom stereocenters. The summed E-state index contributed by atoms with van der Waals surface area (Å²) in [5.74, 6) is 2.19. The Hall–Kier alpha value is -1.36. The summed E-state index contributed by atoms with van der Waals surface area (Å²) in [4.78, 5) is 8.71. The molecule has 0 saturated heterocycles. The second-order valence-corrected chi connectivity index (χ2v) is 5.47. The van der Waals surface area contributed by atoms with Gasteiger partial charge in [-0.2, -0.15) is 0 Å². The van der Waals surface area contributed by atoms with Gasteiger partial charge in [0.2, 0.25) is 0 Å². The van der Waals surface area contributed by atoms with Crippen LogP contribution in [0.3, 0.4) is 0 Å². The number of hydrogen-bond donors (Lipinski definition) is 3. The summed E-state index contributed by atoms with van der Waals surface area (Å²) in [6.45, 7) is 5.88. The smallest absolute Gasteiger partial charge is 0.134 e. The summed E-state index contributed by atoms with van der Waals surface area (Å²) < 4.78 is 0. The Bertz CT molecular complexity index is 424. The normalized spacial score (nSPS) is 21.9. The van der Waals surface area contributed by atoms with Gasteiger partial charge in [0.25, 0.3) is 0 Å². The maximum atomic E-state index is 9.89. The number of nitrogens with zero attached hydrogens (tertiary/aromatic N) is 2. The van der Waals surface area contributed by atoms with Crippen molar-refractivity contribution in [3.63, 3.8) is 0 Å². The van der Waals surface area contributed by atoms with Gasteiger partial charge in [-0.1, -0.05) is 19.8 Å². The largest absolute Gasteiger partial charge is 0.393 e. The van der Waals surface area contributed by atoms with Gasteiger partial charge in [-0.25, -0.2) is 9.97 Å². The molecule has 0 radical (unpaired) electrons. The van der Waals surface area contributed by atoms with Crippen molar-refractivity contribution < 1.29 is 5.11 Å². The molecular weight excluding hydrogens is 252 g/mol. The van der Waals surface area contributed by atoms with E-state index in [0.717, 1.165) is 62.4 Å². The first-order chi connectivity index (χ1) is 9.76. The standard InChI is InChI=1S/C15H26N4O/c1-3-6-12-14(16-4-2)18-10-19-15(12)17-9-11-7-5-8-13(11)20/h10-11,13,20H,3-9H2,1-2H3,(H2,16,17,18,19). The minimum absolute atomic E-state index is 0.160. The monoisotopic (exact) mass is 278 g/mol. The third-order valence-corrected chi connectivity index (χ3v) is 3.94. The summed E-state index contributed by atoms with van der Waals surface area (Å²) in [6, 6.07) is 0. The van der Waals surface area contributed by atoms with E-state index in [9.17, 15) is 5.11 Å². The van der Waals surface area contributed by atoms with Gasteiger partial charge in [0.1, 0.15) is 18.0 Å². The van der Waals surface area contributed by atoms with Crippen molar-refractivity contribution in [1.82, 2.24) is 9.97 Å². The highest BCUT2D eigenvalue weighted by Crippen LogP contribution is 2.27. The van der Waals surface area contributed by atoms with Gasteiger partial charge < -0.3 is 15.7 Å². The Kier molecular flexibility index (Phi) is 5.59. The van der Waals surface area contributed by atoms with E-state index < -0.39 is 0 Å². The lowest BCUT2D eigenvalue weighted by Crippen LogP contribution is -2.23. The highest BCUT2D eigenvalue weighted by molar-refractivity contribution is 5.57. The highest BCUT2D eigenvalue weighted by Gasteiger charge is 2.25. The molecule has 1 aromatic rings. The molecule has 1 saturated carbocycles. The van der Waals surface area contributed by atoms with E-state index in [1.165, 1.54) is 0 Å². The van der Waals surface area contributed by atoms with E-state index in [-0.39, 0.29) is 6.10 Å². The predicted molar refractivity (Wildman–Crippen MR) is 82.0 cm³/mol. The lowest BCUT2D eigenvalue weighted by atomic mass is 10.1. The first-order valence-electron chi connectivity index (χ1n) is 7.75. The maximum absolute atomic E-state index is 9.89. The van der Waals surface area contributed by atoms with Gasteiger partial charge in [0.05, 0.1) is 6.10 Å². The zero-order valence-electron chi connectivity index (χ0n) is 12.5. The first-order valence-corrected chi connectivity index (χ1v) is 7.75. The van der Waals surface area contributed by atoms with Crippen molar-refractivity contribution in [1.29, 1.82) is 0 Å². The molecule has 3 N–H and O–H groups in total. The fourth-order valence-electron chi connectivity index (χ4n) is 2.85. The van der Waals surface area contributed by atoms with Crippen LogP contribution in [0.4, 0.5) is 11.6 Å². The molecule has 20 heavy (non-hydrogen) atoms. The number of nitrogens with one attached hydrogen (secondary N) is 2. The zero-order valence-corrected chi connectivity index (χ0v) is 12.5. The van der Waals surface area contributed by atoms with E-state index >= 15 is 0 Å². The molecule has 1 heterocycles. The average Bonchev–Trinajstić information content (AvgIpc) is 2.85. The molecule has 0 bridgehead atoms. The molecule has 0 aromatic carbocycles. The van der Waals surface area contributed by atoms with E-state index in [1.807, 2.05) is 0 Å². The zero-order chi connectivity index (χ0) is 14.4. The van der Waals surface area contributed by atoms with Crippen LogP contribution in [0.15, 0.2) is 6.33 Å². The molecule has 1 aromatic heterocycles. The van der Waals surface area contributed by atoms with Gasteiger partial charge in [-0.05, 0) is 26.2 Å². The maximum Gasteiger partial charge on any atom is 0.134 e. The molecule has 0 aliphatic heterocycles. The summed E-state index contributed by atoms with van der Waals surface area (Å²) in [5, 5.41) is 16.6. The second-order valence-electron chi connectivity index (χ2n) is 5.47. The molecule has 2 rings (SSSR count). The molecule has 5 heteroatoms. The number of hydrogen-bond acceptors (Lipinski definition) is 5. The van der Waals surface area contributed by atoms with Crippen molar-refractivity contribution in [2.45, 2.75) is 52.1 Å². The van der Waals surface area contributed by atoms with Crippen molar-refractivity contribution in [2.24, 2.45) is 5.92 Å². The third-order valence-electron chi connectivity index (χ3n) is 3.94. The minimum atomic E-state index is -0.160. The van der Waals surface area contributed by atoms with Crippen LogP contribution in [0.2, 0.25) is 0 Å². The summed E-state index contributed by atoms with van der Waals surface area (Å²) in [7, 11) is 0. The molecule has 0 amide bonds. The van der Waals surface area contributed by atoms with Crippen LogP contribution >= 0.6 is 0 Å². The Labute approximate surface area is 121 Å². The van der Waals surface area contributed by atoms with Gasteiger partial charge in [-0.3, -0.25) is 0 Å². The van der Waals surface area contributed by atoms with Gasteiger partial charge in [0.15, 0.2) is 0 Å². The second kappa shape index (κ2) is 7.43. The summed E-state index contributed by atoms with van der Waals surface area (Å²) >= 11 is 0. The van der Waals surface area contributed by atoms with Crippen LogP contribution < -0.4 is 10.6 Å². The van der Waals surface area contributed by atoms with Crippen molar-refractivity contribution >= 4 is 11.6 Å². The molecule has 1 aliphatic rings. The van der Waals surface area contributed by atoms with Crippen LogP contribution in [0.5, 0.6) is 0 Å². The summed E-state index contributed by atoms with van der Waals surface area (Å²) in [6.07, 6.45) is 6.62. The molecule has 2 atom stereocenters. The van der Waals surface area contributed by atoms with Crippen molar-refractivity contribution in [2.75, 3.05) is 23.7 Å². The van der Waals surface area contributed by atoms with E-state index in [0.29, 0.717) is 5.92 Å².